The Bertz CT molecular complexity index is 353. The summed E-state index contributed by atoms with van der Waals surface area (Å²) in [6.45, 7) is 3.85. The molecule has 1 aliphatic carbocycles. The van der Waals surface area contributed by atoms with Gasteiger partial charge in [0.05, 0.1) is 6.54 Å². The first-order valence-corrected chi connectivity index (χ1v) is 8.38. The Labute approximate surface area is 128 Å². The first kappa shape index (κ1) is 16.3. The summed E-state index contributed by atoms with van der Waals surface area (Å²) < 4.78 is 0. The van der Waals surface area contributed by atoms with Crippen molar-refractivity contribution in [2.24, 2.45) is 5.92 Å². The van der Waals surface area contributed by atoms with E-state index in [-0.39, 0.29) is 11.8 Å². The lowest BCUT2D eigenvalue weighted by atomic mass is 10.1. The molecule has 1 saturated carbocycles. The summed E-state index contributed by atoms with van der Waals surface area (Å²) in [5, 5.41) is 2.96. The van der Waals surface area contributed by atoms with Crippen LogP contribution in [0.5, 0.6) is 0 Å². The van der Waals surface area contributed by atoms with E-state index in [2.05, 4.69) is 10.2 Å². The molecule has 2 aliphatic rings. The second-order valence-electron chi connectivity index (χ2n) is 6.54. The molecular weight excluding hydrogens is 266 g/mol. The van der Waals surface area contributed by atoms with Crippen molar-refractivity contribution < 1.29 is 9.59 Å². The van der Waals surface area contributed by atoms with E-state index in [0.29, 0.717) is 19.5 Å². The first-order valence-electron chi connectivity index (χ1n) is 8.38. The van der Waals surface area contributed by atoms with Gasteiger partial charge in [-0.15, -0.1) is 0 Å². The molecule has 2 fully saturated rings. The van der Waals surface area contributed by atoms with E-state index in [1.165, 1.54) is 25.7 Å². The molecule has 0 spiro atoms. The van der Waals surface area contributed by atoms with Crippen LogP contribution in [-0.2, 0) is 9.59 Å². The summed E-state index contributed by atoms with van der Waals surface area (Å²) in [6.07, 6.45) is 7.85. The first-order chi connectivity index (χ1) is 10.1. The normalized spacial score (nSPS) is 19.7. The van der Waals surface area contributed by atoms with Gasteiger partial charge in [-0.3, -0.25) is 14.5 Å². The predicted octanol–water partition coefficient (Wildman–Crippen LogP) is 1.24. The monoisotopic (exact) mass is 295 g/mol. The standard InChI is InChI=1S/C16H29N3O2/c1-18(12-14-6-2-3-7-14)13-15(20)17-9-5-11-19-10-4-8-16(19)21/h14H,2-13H2,1H3,(H,17,20). The lowest BCUT2D eigenvalue weighted by Gasteiger charge is -2.20. The van der Waals surface area contributed by atoms with Gasteiger partial charge in [-0.05, 0) is 38.6 Å². The Balaban J connectivity index is 1.51. The Kier molecular flexibility index (Phi) is 6.49. The smallest absolute Gasteiger partial charge is 0.234 e. The summed E-state index contributed by atoms with van der Waals surface area (Å²) in [7, 11) is 2.03. The molecule has 120 valence electrons. The molecule has 0 aromatic rings. The highest BCUT2D eigenvalue weighted by Gasteiger charge is 2.19. The zero-order valence-electron chi connectivity index (χ0n) is 13.3. The molecule has 1 heterocycles. The van der Waals surface area contributed by atoms with E-state index in [4.69, 9.17) is 0 Å². The fourth-order valence-corrected chi connectivity index (χ4v) is 3.44. The molecule has 0 radical (unpaired) electrons. The lowest BCUT2D eigenvalue weighted by molar-refractivity contribution is -0.127. The molecule has 2 amide bonds. The number of hydrogen-bond donors (Lipinski definition) is 1. The molecule has 1 N–H and O–H groups in total. The van der Waals surface area contributed by atoms with Gasteiger partial charge in [0.15, 0.2) is 0 Å². The second kappa shape index (κ2) is 8.37. The summed E-state index contributed by atoms with van der Waals surface area (Å²) in [6, 6.07) is 0. The van der Waals surface area contributed by atoms with E-state index >= 15 is 0 Å². The van der Waals surface area contributed by atoms with Crippen LogP contribution in [0.15, 0.2) is 0 Å². The average Bonchev–Trinajstić information content (AvgIpc) is 3.07. The van der Waals surface area contributed by atoms with Gasteiger partial charge >= 0.3 is 0 Å². The maximum absolute atomic E-state index is 11.9. The number of likely N-dealkylation sites (N-methyl/N-ethyl adjacent to an activating group) is 1. The van der Waals surface area contributed by atoms with Crippen molar-refractivity contribution in [1.82, 2.24) is 15.1 Å². The number of nitrogens with one attached hydrogen (secondary N) is 1. The van der Waals surface area contributed by atoms with Crippen LogP contribution < -0.4 is 5.32 Å². The molecule has 0 aromatic heterocycles. The topological polar surface area (TPSA) is 52.7 Å². The highest BCUT2D eigenvalue weighted by Crippen LogP contribution is 2.24. The maximum atomic E-state index is 11.9. The number of nitrogens with zero attached hydrogens (tertiary/aromatic N) is 2. The van der Waals surface area contributed by atoms with Crippen LogP contribution in [0, 0.1) is 5.92 Å². The van der Waals surface area contributed by atoms with Gasteiger partial charge in [0.1, 0.15) is 0 Å². The lowest BCUT2D eigenvalue weighted by Crippen LogP contribution is -2.38. The molecule has 0 unspecified atom stereocenters. The molecule has 0 atom stereocenters. The van der Waals surface area contributed by atoms with E-state index in [1.54, 1.807) is 0 Å². The van der Waals surface area contributed by atoms with Crippen molar-refractivity contribution in [2.45, 2.75) is 44.9 Å². The number of rotatable bonds is 8. The number of carbonyl (C=O) groups is 2. The largest absolute Gasteiger partial charge is 0.355 e. The van der Waals surface area contributed by atoms with Crippen LogP contribution in [-0.4, -0.2) is 61.4 Å². The quantitative estimate of drug-likeness (QED) is 0.685. The van der Waals surface area contributed by atoms with E-state index < -0.39 is 0 Å². The van der Waals surface area contributed by atoms with Crippen molar-refractivity contribution in [3.8, 4) is 0 Å². The minimum atomic E-state index is 0.100. The molecule has 5 heteroatoms. The van der Waals surface area contributed by atoms with Gasteiger partial charge in [0, 0.05) is 32.6 Å². The third kappa shape index (κ3) is 5.65. The van der Waals surface area contributed by atoms with Crippen molar-refractivity contribution in [1.29, 1.82) is 0 Å². The fourth-order valence-electron chi connectivity index (χ4n) is 3.44. The molecule has 21 heavy (non-hydrogen) atoms. The molecule has 0 aromatic carbocycles. The molecule has 1 aliphatic heterocycles. The summed E-state index contributed by atoms with van der Waals surface area (Å²) in [4.78, 5) is 27.3. The van der Waals surface area contributed by atoms with Crippen molar-refractivity contribution >= 4 is 11.8 Å². The molecule has 1 saturated heterocycles. The van der Waals surface area contributed by atoms with Crippen molar-refractivity contribution in [3.05, 3.63) is 0 Å². The number of carbonyl (C=O) groups excluding carboxylic acids is 2. The van der Waals surface area contributed by atoms with Crippen LogP contribution in [0.2, 0.25) is 0 Å². The highest BCUT2D eigenvalue weighted by atomic mass is 16.2. The van der Waals surface area contributed by atoms with Gasteiger partial charge in [0.2, 0.25) is 11.8 Å². The van der Waals surface area contributed by atoms with Crippen LogP contribution in [0.4, 0.5) is 0 Å². The maximum Gasteiger partial charge on any atom is 0.234 e. The van der Waals surface area contributed by atoms with Gasteiger partial charge in [-0.25, -0.2) is 0 Å². The van der Waals surface area contributed by atoms with Crippen molar-refractivity contribution in [2.75, 3.05) is 39.8 Å². The average molecular weight is 295 g/mol. The molecule has 2 rings (SSSR count). The summed E-state index contributed by atoms with van der Waals surface area (Å²) in [5.41, 5.74) is 0. The van der Waals surface area contributed by atoms with Gasteiger partial charge in [-0.1, -0.05) is 12.8 Å². The number of hydrogen-bond acceptors (Lipinski definition) is 3. The third-order valence-corrected chi connectivity index (χ3v) is 4.56. The summed E-state index contributed by atoms with van der Waals surface area (Å²) >= 11 is 0. The Morgan fingerprint density at radius 3 is 2.76 bits per heavy atom. The minimum Gasteiger partial charge on any atom is -0.355 e. The predicted molar refractivity (Wildman–Crippen MR) is 82.9 cm³/mol. The zero-order valence-corrected chi connectivity index (χ0v) is 13.3. The van der Waals surface area contributed by atoms with E-state index in [0.717, 1.165) is 38.4 Å². The zero-order chi connectivity index (χ0) is 15.1. The fraction of sp³-hybridized carbons (Fsp3) is 0.875. The Morgan fingerprint density at radius 1 is 1.33 bits per heavy atom. The van der Waals surface area contributed by atoms with Crippen LogP contribution >= 0.6 is 0 Å². The van der Waals surface area contributed by atoms with Gasteiger partial charge < -0.3 is 10.2 Å². The van der Waals surface area contributed by atoms with E-state index in [1.807, 2.05) is 11.9 Å². The van der Waals surface area contributed by atoms with E-state index in [9.17, 15) is 9.59 Å². The van der Waals surface area contributed by atoms with Crippen LogP contribution in [0.25, 0.3) is 0 Å². The van der Waals surface area contributed by atoms with Crippen LogP contribution in [0.3, 0.4) is 0 Å². The molecular formula is C16H29N3O2. The highest BCUT2D eigenvalue weighted by molar-refractivity contribution is 5.78. The second-order valence-corrected chi connectivity index (χ2v) is 6.54. The molecule has 0 bridgehead atoms. The van der Waals surface area contributed by atoms with Gasteiger partial charge in [-0.2, -0.15) is 0 Å². The van der Waals surface area contributed by atoms with Crippen LogP contribution in [0.1, 0.15) is 44.9 Å². The number of likely N-dealkylation sites (tertiary alicyclic amines) is 1. The van der Waals surface area contributed by atoms with Gasteiger partial charge in [0.25, 0.3) is 0 Å². The Hall–Kier alpha value is -1.10. The minimum absolute atomic E-state index is 0.100. The Morgan fingerprint density at radius 2 is 2.10 bits per heavy atom. The summed E-state index contributed by atoms with van der Waals surface area (Å²) in [5.74, 6) is 1.14. The van der Waals surface area contributed by atoms with Crippen molar-refractivity contribution in [3.63, 3.8) is 0 Å². The third-order valence-electron chi connectivity index (χ3n) is 4.56. The SMILES string of the molecule is CN(CC(=O)NCCCN1CCCC1=O)CC1CCCC1. The number of amides is 2. The molecule has 5 nitrogen and oxygen atoms in total.